The molecule has 1 atom stereocenters. The number of benzene rings is 2. The molecule has 1 unspecified atom stereocenters. The third-order valence-corrected chi connectivity index (χ3v) is 4.80. The molecule has 1 aromatic heterocycles. The summed E-state index contributed by atoms with van der Waals surface area (Å²) in [6, 6.07) is 11.9. The summed E-state index contributed by atoms with van der Waals surface area (Å²) in [5.41, 5.74) is 0.891. The first kappa shape index (κ1) is 19.7. The SMILES string of the molecule is O=C(NCc1nc(C2CC(=O)N(Cc3cc(F)cc(F)c3)C2)no1)c1ccccc1. The predicted octanol–water partition coefficient (Wildman–Crippen LogP) is 2.79. The van der Waals surface area contributed by atoms with E-state index in [0.29, 0.717) is 23.5 Å². The van der Waals surface area contributed by atoms with Crippen molar-refractivity contribution in [3.05, 3.63) is 83.0 Å². The molecule has 2 aromatic carbocycles. The lowest BCUT2D eigenvalue weighted by molar-refractivity contribution is -0.128. The standard InChI is InChI=1S/C21H18F2N4O3/c22-16-6-13(7-17(23)9-16)11-27-12-15(8-19(27)28)20-25-18(30-26-20)10-24-21(29)14-4-2-1-3-5-14/h1-7,9,15H,8,10-12H2,(H,24,29). The van der Waals surface area contributed by atoms with Crippen LogP contribution in [0.25, 0.3) is 0 Å². The fourth-order valence-electron chi connectivity index (χ4n) is 3.37. The number of amides is 2. The zero-order valence-electron chi connectivity index (χ0n) is 15.8. The second-order valence-corrected chi connectivity index (χ2v) is 7.05. The van der Waals surface area contributed by atoms with Crippen molar-refractivity contribution in [2.45, 2.75) is 25.4 Å². The highest BCUT2D eigenvalue weighted by molar-refractivity contribution is 5.93. The van der Waals surface area contributed by atoms with E-state index in [1.165, 1.54) is 17.0 Å². The van der Waals surface area contributed by atoms with Crippen LogP contribution in [0.4, 0.5) is 8.78 Å². The average molecular weight is 412 g/mol. The fourth-order valence-corrected chi connectivity index (χ4v) is 3.37. The van der Waals surface area contributed by atoms with Gasteiger partial charge in [0, 0.05) is 37.1 Å². The Morgan fingerprint density at radius 3 is 2.63 bits per heavy atom. The van der Waals surface area contributed by atoms with Crippen LogP contribution in [0.3, 0.4) is 0 Å². The zero-order valence-corrected chi connectivity index (χ0v) is 15.8. The van der Waals surface area contributed by atoms with E-state index in [9.17, 15) is 18.4 Å². The summed E-state index contributed by atoms with van der Waals surface area (Å²) in [6.45, 7) is 0.474. The van der Waals surface area contributed by atoms with Gasteiger partial charge in [-0.05, 0) is 29.8 Å². The lowest BCUT2D eigenvalue weighted by atomic mass is 10.1. The third kappa shape index (κ3) is 4.51. The van der Waals surface area contributed by atoms with Crippen LogP contribution in [-0.4, -0.2) is 33.4 Å². The molecule has 0 radical (unpaired) electrons. The Labute approximate surface area is 170 Å². The largest absolute Gasteiger partial charge is 0.343 e. The molecule has 30 heavy (non-hydrogen) atoms. The Balaban J connectivity index is 1.35. The number of rotatable bonds is 6. The number of hydrogen-bond acceptors (Lipinski definition) is 5. The molecule has 0 saturated carbocycles. The summed E-state index contributed by atoms with van der Waals surface area (Å²) in [7, 11) is 0. The average Bonchev–Trinajstić information content (AvgIpc) is 3.33. The molecule has 0 spiro atoms. The Morgan fingerprint density at radius 1 is 1.17 bits per heavy atom. The molecular weight excluding hydrogens is 394 g/mol. The van der Waals surface area contributed by atoms with Gasteiger partial charge in [0.05, 0.1) is 6.54 Å². The van der Waals surface area contributed by atoms with Crippen LogP contribution in [0.2, 0.25) is 0 Å². The van der Waals surface area contributed by atoms with Crippen LogP contribution < -0.4 is 5.32 Å². The number of hydrogen-bond donors (Lipinski definition) is 1. The van der Waals surface area contributed by atoms with Crippen molar-refractivity contribution in [1.29, 1.82) is 0 Å². The van der Waals surface area contributed by atoms with E-state index in [0.717, 1.165) is 6.07 Å². The lowest BCUT2D eigenvalue weighted by Crippen LogP contribution is -2.24. The van der Waals surface area contributed by atoms with Crippen LogP contribution >= 0.6 is 0 Å². The van der Waals surface area contributed by atoms with E-state index >= 15 is 0 Å². The van der Waals surface area contributed by atoms with Crippen molar-refractivity contribution in [3.63, 3.8) is 0 Å². The van der Waals surface area contributed by atoms with Crippen molar-refractivity contribution < 1.29 is 22.9 Å². The van der Waals surface area contributed by atoms with Crippen LogP contribution in [0.1, 0.15) is 40.0 Å². The quantitative estimate of drug-likeness (QED) is 0.673. The number of nitrogens with one attached hydrogen (secondary N) is 1. The second-order valence-electron chi connectivity index (χ2n) is 7.05. The normalized spacial score (nSPS) is 16.1. The number of carbonyl (C=O) groups is 2. The zero-order chi connectivity index (χ0) is 21.1. The molecule has 9 heteroatoms. The fraction of sp³-hybridized carbons (Fsp3) is 0.238. The molecular formula is C21H18F2N4O3. The minimum atomic E-state index is -0.687. The molecule has 0 aliphatic carbocycles. The topological polar surface area (TPSA) is 88.3 Å². The maximum Gasteiger partial charge on any atom is 0.251 e. The summed E-state index contributed by atoms with van der Waals surface area (Å²) < 4.78 is 31.9. The van der Waals surface area contributed by atoms with Crippen molar-refractivity contribution in [2.75, 3.05) is 6.54 Å². The summed E-state index contributed by atoms with van der Waals surface area (Å²) in [5, 5.41) is 6.61. The number of nitrogens with zero attached hydrogens (tertiary/aromatic N) is 3. The maximum atomic E-state index is 13.4. The van der Waals surface area contributed by atoms with Gasteiger partial charge in [-0.1, -0.05) is 23.4 Å². The minimum absolute atomic E-state index is 0.0632. The summed E-state index contributed by atoms with van der Waals surface area (Å²) in [5.74, 6) is -1.50. The number of likely N-dealkylation sites (tertiary alicyclic amines) is 1. The lowest BCUT2D eigenvalue weighted by Gasteiger charge is -2.16. The van der Waals surface area contributed by atoms with Gasteiger partial charge in [-0.15, -0.1) is 0 Å². The van der Waals surface area contributed by atoms with Crippen molar-refractivity contribution in [1.82, 2.24) is 20.4 Å². The molecule has 0 bridgehead atoms. The van der Waals surface area contributed by atoms with Crippen LogP contribution in [0.5, 0.6) is 0 Å². The third-order valence-electron chi connectivity index (χ3n) is 4.80. The monoisotopic (exact) mass is 412 g/mol. The van der Waals surface area contributed by atoms with E-state index in [-0.39, 0.29) is 43.1 Å². The smallest absolute Gasteiger partial charge is 0.251 e. The Kier molecular flexibility index (Phi) is 5.51. The molecule has 1 aliphatic heterocycles. The van der Waals surface area contributed by atoms with Crippen molar-refractivity contribution >= 4 is 11.8 Å². The van der Waals surface area contributed by atoms with Gasteiger partial charge >= 0.3 is 0 Å². The first-order chi connectivity index (χ1) is 14.5. The van der Waals surface area contributed by atoms with Gasteiger partial charge in [-0.3, -0.25) is 9.59 Å². The molecule has 4 rings (SSSR count). The minimum Gasteiger partial charge on any atom is -0.343 e. The Morgan fingerprint density at radius 2 is 1.90 bits per heavy atom. The first-order valence-corrected chi connectivity index (χ1v) is 9.36. The summed E-state index contributed by atoms with van der Waals surface area (Å²) in [4.78, 5) is 30.2. The number of halogens is 2. The Bertz CT molecular complexity index is 1050. The Hall–Kier alpha value is -3.62. The first-order valence-electron chi connectivity index (χ1n) is 9.36. The van der Waals surface area contributed by atoms with Crippen LogP contribution in [-0.2, 0) is 17.9 Å². The van der Waals surface area contributed by atoms with Crippen molar-refractivity contribution in [3.8, 4) is 0 Å². The van der Waals surface area contributed by atoms with Crippen LogP contribution in [0, 0.1) is 11.6 Å². The molecule has 1 saturated heterocycles. The predicted molar refractivity (Wildman–Crippen MR) is 101 cm³/mol. The van der Waals surface area contributed by atoms with Gasteiger partial charge in [0.15, 0.2) is 5.82 Å². The van der Waals surface area contributed by atoms with Gasteiger partial charge in [0.25, 0.3) is 5.91 Å². The number of aromatic nitrogens is 2. The molecule has 154 valence electrons. The van der Waals surface area contributed by atoms with Crippen LogP contribution in [0.15, 0.2) is 53.1 Å². The van der Waals surface area contributed by atoms with E-state index in [1.54, 1.807) is 24.3 Å². The van der Waals surface area contributed by atoms with Gasteiger partial charge in [0.1, 0.15) is 11.6 Å². The second kappa shape index (κ2) is 8.40. The molecule has 3 aromatic rings. The van der Waals surface area contributed by atoms with Gasteiger partial charge in [0.2, 0.25) is 11.8 Å². The van der Waals surface area contributed by atoms with E-state index in [1.807, 2.05) is 6.07 Å². The van der Waals surface area contributed by atoms with E-state index in [4.69, 9.17) is 4.52 Å². The molecule has 1 fully saturated rings. The molecule has 2 heterocycles. The molecule has 1 aliphatic rings. The molecule has 7 nitrogen and oxygen atoms in total. The van der Waals surface area contributed by atoms with Crippen molar-refractivity contribution in [2.24, 2.45) is 0 Å². The highest BCUT2D eigenvalue weighted by Crippen LogP contribution is 2.27. The van der Waals surface area contributed by atoms with Gasteiger partial charge in [-0.25, -0.2) is 8.78 Å². The molecule has 1 N–H and O–H groups in total. The summed E-state index contributed by atoms with van der Waals surface area (Å²) in [6.07, 6.45) is 0.174. The highest BCUT2D eigenvalue weighted by atomic mass is 19.1. The van der Waals surface area contributed by atoms with E-state index < -0.39 is 11.6 Å². The highest BCUT2D eigenvalue weighted by Gasteiger charge is 2.33. The maximum absolute atomic E-state index is 13.4. The van der Waals surface area contributed by atoms with E-state index in [2.05, 4.69) is 15.5 Å². The molecule has 2 amide bonds. The number of carbonyl (C=O) groups excluding carboxylic acids is 2. The van der Waals surface area contributed by atoms with Gasteiger partial charge in [-0.2, -0.15) is 4.98 Å². The summed E-state index contributed by atoms with van der Waals surface area (Å²) >= 11 is 0. The van der Waals surface area contributed by atoms with Gasteiger partial charge < -0.3 is 14.7 Å².